The van der Waals surface area contributed by atoms with Gasteiger partial charge in [-0.3, -0.25) is 9.59 Å². The molecule has 104 valence electrons. The Bertz CT molecular complexity index is 609. The number of likely N-dealkylation sites (tertiary alicyclic amines) is 1. The van der Waals surface area contributed by atoms with E-state index in [-0.39, 0.29) is 11.8 Å². The van der Waals surface area contributed by atoms with Gasteiger partial charge in [0.25, 0.3) is 11.8 Å². The van der Waals surface area contributed by atoms with Gasteiger partial charge in [-0.1, -0.05) is 18.2 Å². The number of benzene rings is 1. The van der Waals surface area contributed by atoms with Crippen molar-refractivity contribution in [3.05, 3.63) is 29.8 Å². The quantitative estimate of drug-likeness (QED) is 0.713. The number of carbonyl (C=O) groups is 2. The molecular weight excluding hydrogens is 256 g/mol. The highest BCUT2D eigenvalue weighted by atomic mass is 16.6. The molecule has 3 aliphatic heterocycles. The SMILES string of the molecule is CN1C(=O)[C@@]2(O[C@H]2C(=O)N2CCCC2)c2ccccc21. The van der Waals surface area contributed by atoms with Gasteiger partial charge in [0, 0.05) is 25.7 Å². The molecule has 0 radical (unpaired) electrons. The second-order valence-corrected chi connectivity index (χ2v) is 5.65. The lowest BCUT2D eigenvalue weighted by atomic mass is 9.96. The molecule has 1 aromatic carbocycles. The third kappa shape index (κ3) is 1.31. The van der Waals surface area contributed by atoms with Gasteiger partial charge in [0.05, 0.1) is 5.69 Å². The van der Waals surface area contributed by atoms with E-state index < -0.39 is 11.7 Å². The third-order valence-electron chi connectivity index (χ3n) is 4.55. The van der Waals surface area contributed by atoms with Gasteiger partial charge < -0.3 is 14.5 Å². The van der Waals surface area contributed by atoms with Crippen LogP contribution >= 0.6 is 0 Å². The van der Waals surface area contributed by atoms with Crippen molar-refractivity contribution in [3.8, 4) is 0 Å². The lowest BCUT2D eigenvalue weighted by Gasteiger charge is -2.14. The Labute approximate surface area is 117 Å². The Morgan fingerprint density at radius 2 is 2.00 bits per heavy atom. The molecule has 2 atom stereocenters. The molecule has 2 fully saturated rings. The normalized spacial score (nSPS) is 31.1. The summed E-state index contributed by atoms with van der Waals surface area (Å²) in [5.74, 6) is -0.169. The minimum atomic E-state index is -1.05. The van der Waals surface area contributed by atoms with Crippen LogP contribution in [0.2, 0.25) is 0 Å². The lowest BCUT2D eigenvalue weighted by molar-refractivity contribution is -0.132. The molecule has 2 saturated heterocycles. The van der Waals surface area contributed by atoms with Crippen molar-refractivity contribution in [1.82, 2.24) is 4.90 Å². The van der Waals surface area contributed by atoms with Gasteiger partial charge in [0.2, 0.25) is 5.60 Å². The third-order valence-corrected chi connectivity index (χ3v) is 4.55. The molecular formula is C15H16N2O3. The van der Waals surface area contributed by atoms with Crippen LogP contribution in [-0.4, -0.2) is 43.0 Å². The first kappa shape index (κ1) is 11.9. The van der Waals surface area contributed by atoms with Crippen molar-refractivity contribution in [2.24, 2.45) is 0 Å². The van der Waals surface area contributed by atoms with Gasteiger partial charge in [-0.05, 0) is 18.9 Å². The van der Waals surface area contributed by atoms with Crippen LogP contribution in [0.3, 0.4) is 0 Å². The number of fused-ring (bicyclic) bond motifs is 2. The van der Waals surface area contributed by atoms with Gasteiger partial charge in [-0.25, -0.2) is 0 Å². The number of ether oxygens (including phenoxy) is 1. The molecule has 4 rings (SSSR count). The first-order valence-corrected chi connectivity index (χ1v) is 7.00. The van der Waals surface area contributed by atoms with Crippen LogP contribution in [0.4, 0.5) is 5.69 Å². The molecule has 1 spiro atoms. The summed E-state index contributed by atoms with van der Waals surface area (Å²) in [6.07, 6.45) is 1.44. The highest BCUT2D eigenvalue weighted by Crippen LogP contribution is 2.55. The smallest absolute Gasteiger partial charge is 0.267 e. The minimum absolute atomic E-state index is 0.0408. The minimum Gasteiger partial charge on any atom is -0.340 e. The van der Waals surface area contributed by atoms with Crippen molar-refractivity contribution in [3.63, 3.8) is 0 Å². The lowest BCUT2D eigenvalue weighted by Crippen LogP contribution is -2.38. The van der Waals surface area contributed by atoms with Crippen LogP contribution in [0.1, 0.15) is 18.4 Å². The Morgan fingerprint density at radius 3 is 2.75 bits per heavy atom. The van der Waals surface area contributed by atoms with Crippen molar-refractivity contribution in [2.45, 2.75) is 24.5 Å². The van der Waals surface area contributed by atoms with E-state index in [2.05, 4.69) is 0 Å². The van der Waals surface area contributed by atoms with Crippen molar-refractivity contribution in [1.29, 1.82) is 0 Å². The summed E-state index contributed by atoms with van der Waals surface area (Å²) >= 11 is 0. The van der Waals surface area contributed by atoms with E-state index in [1.165, 1.54) is 0 Å². The van der Waals surface area contributed by atoms with Crippen LogP contribution in [0.25, 0.3) is 0 Å². The summed E-state index contributed by atoms with van der Waals surface area (Å²) in [7, 11) is 1.73. The summed E-state index contributed by atoms with van der Waals surface area (Å²) in [4.78, 5) is 28.4. The summed E-state index contributed by atoms with van der Waals surface area (Å²) < 4.78 is 5.67. The zero-order valence-corrected chi connectivity index (χ0v) is 11.3. The topological polar surface area (TPSA) is 53.2 Å². The molecule has 0 bridgehead atoms. The summed E-state index contributed by atoms with van der Waals surface area (Å²) in [5, 5.41) is 0. The fourth-order valence-electron chi connectivity index (χ4n) is 3.40. The second-order valence-electron chi connectivity index (χ2n) is 5.65. The first-order chi connectivity index (χ1) is 9.66. The molecule has 2 amide bonds. The number of nitrogens with zero attached hydrogens (tertiary/aromatic N) is 2. The number of hydrogen-bond donors (Lipinski definition) is 0. The van der Waals surface area contributed by atoms with E-state index >= 15 is 0 Å². The highest BCUT2D eigenvalue weighted by molar-refractivity contribution is 6.12. The average Bonchev–Trinajstić information content (AvgIpc) is 2.90. The van der Waals surface area contributed by atoms with E-state index in [1.807, 2.05) is 29.2 Å². The van der Waals surface area contributed by atoms with Crippen LogP contribution < -0.4 is 4.90 Å². The number of epoxide rings is 1. The number of likely N-dealkylation sites (N-methyl/N-ethyl adjacent to an activating group) is 1. The monoisotopic (exact) mass is 272 g/mol. The number of hydrogen-bond acceptors (Lipinski definition) is 3. The fraction of sp³-hybridized carbons (Fsp3) is 0.467. The molecule has 3 aliphatic rings. The zero-order valence-electron chi connectivity index (χ0n) is 11.3. The highest BCUT2D eigenvalue weighted by Gasteiger charge is 2.72. The Hall–Kier alpha value is -1.88. The van der Waals surface area contributed by atoms with E-state index in [0.29, 0.717) is 0 Å². The molecule has 5 heteroatoms. The summed E-state index contributed by atoms with van der Waals surface area (Å²) in [6, 6.07) is 7.54. The second kappa shape index (κ2) is 3.82. The molecule has 0 saturated carbocycles. The van der Waals surface area contributed by atoms with Crippen LogP contribution in [0, 0.1) is 0 Å². The number of amides is 2. The molecule has 0 N–H and O–H groups in total. The predicted octanol–water partition coefficient (Wildman–Crippen LogP) is 0.879. The van der Waals surface area contributed by atoms with Crippen LogP contribution in [0.5, 0.6) is 0 Å². The van der Waals surface area contributed by atoms with Crippen molar-refractivity contribution in [2.75, 3.05) is 25.0 Å². The first-order valence-electron chi connectivity index (χ1n) is 7.00. The molecule has 0 aromatic heterocycles. The summed E-state index contributed by atoms with van der Waals surface area (Å²) in [5.41, 5.74) is 0.615. The zero-order chi connectivity index (χ0) is 13.9. The van der Waals surface area contributed by atoms with Gasteiger partial charge >= 0.3 is 0 Å². The van der Waals surface area contributed by atoms with Crippen molar-refractivity contribution >= 4 is 17.5 Å². The predicted molar refractivity (Wildman–Crippen MR) is 72.2 cm³/mol. The summed E-state index contributed by atoms with van der Waals surface area (Å²) in [6.45, 7) is 1.56. The Balaban J connectivity index is 1.70. The number of carbonyl (C=O) groups excluding carboxylic acids is 2. The molecule has 1 aromatic rings. The van der Waals surface area contributed by atoms with E-state index in [9.17, 15) is 9.59 Å². The maximum atomic E-state index is 12.5. The number of para-hydroxylation sites is 1. The van der Waals surface area contributed by atoms with Crippen molar-refractivity contribution < 1.29 is 14.3 Å². The standard InChI is InChI=1S/C15H16N2O3/c1-16-11-7-3-2-6-10(11)15(14(16)19)12(20-15)13(18)17-8-4-5-9-17/h2-3,6-7,12H,4-5,8-9H2,1H3/t12-,15+/m0/s1. The molecule has 0 aliphatic carbocycles. The average molecular weight is 272 g/mol. The number of anilines is 1. The molecule has 0 unspecified atom stereocenters. The number of rotatable bonds is 1. The largest absolute Gasteiger partial charge is 0.340 e. The molecule has 5 nitrogen and oxygen atoms in total. The molecule has 3 heterocycles. The maximum Gasteiger partial charge on any atom is 0.267 e. The Morgan fingerprint density at radius 1 is 1.30 bits per heavy atom. The van der Waals surface area contributed by atoms with Crippen LogP contribution in [0.15, 0.2) is 24.3 Å². The van der Waals surface area contributed by atoms with Gasteiger partial charge in [-0.15, -0.1) is 0 Å². The van der Waals surface area contributed by atoms with Gasteiger partial charge in [-0.2, -0.15) is 0 Å². The fourth-order valence-corrected chi connectivity index (χ4v) is 3.40. The van der Waals surface area contributed by atoms with Crippen LogP contribution in [-0.2, 0) is 19.9 Å². The molecule has 20 heavy (non-hydrogen) atoms. The van der Waals surface area contributed by atoms with Gasteiger partial charge in [0.1, 0.15) is 0 Å². The van der Waals surface area contributed by atoms with Gasteiger partial charge in [0.15, 0.2) is 6.10 Å². The van der Waals surface area contributed by atoms with E-state index in [4.69, 9.17) is 4.74 Å². The Kier molecular flexibility index (Phi) is 2.27. The maximum absolute atomic E-state index is 12.5. The van der Waals surface area contributed by atoms with E-state index in [0.717, 1.165) is 37.2 Å². The van der Waals surface area contributed by atoms with E-state index in [1.54, 1.807) is 11.9 Å².